The Balaban J connectivity index is 2.17. The number of nitrogens with zero attached hydrogens (tertiary/aromatic N) is 4. The molecule has 0 unspecified atom stereocenters. The molecule has 0 bridgehead atoms. The summed E-state index contributed by atoms with van der Waals surface area (Å²) in [5, 5.41) is 13.1. The summed E-state index contributed by atoms with van der Waals surface area (Å²) < 4.78 is 1.45. The van der Waals surface area contributed by atoms with Crippen molar-refractivity contribution in [3.05, 3.63) is 17.7 Å². The van der Waals surface area contributed by atoms with Crippen molar-refractivity contribution in [3.8, 4) is 0 Å². The zero-order valence-electron chi connectivity index (χ0n) is 10.3. The first-order valence-electron chi connectivity index (χ1n) is 5.61. The van der Waals surface area contributed by atoms with Crippen LogP contribution >= 0.6 is 0 Å². The van der Waals surface area contributed by atoms with Gasteiger partial charge in [0.2, 0.25) is 5.95 Å². The van der Waals surface area contributed by atoms with E-state index in [0.717, 1.165) is 18.5 Å². The molecule has 0 aliphatic heterocycles. The third kappa shape index (κ3) is 2.17. The molecule has 2 heterocycles. The Hall–Kier alpha value is -2.38. The van der Waals surface area contributed by atoms with Gasteiger partial charge in [-0.25, -0.2) is 4.68 Å². The maximum Gasteiger partial charge on any atom is 0.280 e. The minimum Gasteiger partial charge on any atom is -0.395 e. The van der Waals surface area contributed by atoms with Crippen molar-refractivity contribution < 1.29 is 4.79 Å². The summed E-state index contributed by atoms with van der Waals surface area (Å²) in [6.45, 7) is 2.03. The lowest BCUT2D eigenvalue weighted by Crippen LogP contribution is -2.17. The lowest BCUT2D eigenvalue weighted by molar-refractivity contribution is 0.102. The second-order valence-corrected chi connectivity index (χ2v) is 3.88. The standard InChI is InChI=1S/C10H15N7O/c1-3-4-6-7(11)8(16-15-6)9(18)14-10-12-5-13-17(10)2/h5H,3-4,11H2,1-2H3,(H,15,16)(H,12,13,14,18). The number of hydrogen-bond acceptors (Lipinski definition) is 5. The molecule has 0 fully saturated rings. The first-order chi connectivity index (χ1) is 8.63. The minimum absolute atomic E-state index is 0.182. The summed E-state index contributed by atoms with van der Waals surface area (Å²) in [5.74, 6) is -0.0540. The normalized spacial score (nSPS) is 10.6. The van der Waals surface area contributed by atoms with E-state index in [1.807, 2.05) is 6.92 Å². The van der Waals surface area contributed by atoms with Crippen molar-refractivity contribution in [3.63, 3.8) is 0 Å². The predicted octanol–water partition coefficient (Wildman–Crippen LogP) is 0.325. The molecule has 0 aromatic carbocycles. The molecule has 2 aromatic rings. The number of carbonyl (C=O) groups excluding carboxylic acids is 1. The third-order valence-corrected chi connectivity index (χ3v) is 2.53. The highest BCUT2D eigenvalue weighted by molar-refractivity contribution is 6.05. The molecule has 8 nitrogen and oxygen atoms in total. The van der Waals surface area contributed by atoms with Crippen LogP contribution in [-0.4, -0.2) is 30.9 Å². The van der Waals surface area contributed by atoms with Crippen LogP contribution < -0.4 is 11.1 Å². The maximum absolute atomic E-state index is 11.9. The average molecular weight is 249 g/mol. The molecule has 96 valence electrons. The Bertz CT molecular complexity index is 556. The topological polar surface area (TPSA) is 115 Å². The van der Waals surface area contributed by atoms with Crippen LogP contribution in [0.25, 0.3) is 0 Å². The van der Waals surface area contributed by atoms with Gasteiger partial charge in [-0.15, -0.1) is 0 Å². The quantitative estimate of drug-likeness (QED) is 0.722. The smallest absolute Gasteiger partial charge is 0.280 e. The summed E-state index contributed by atoms with van der Waals surface area (Å²) in [7, 11) is 1.68. The van der Waals surface area contributed by atoms with Crippen molar-refractivity contribution >= 4 is 17.5 Å². The summed E-state index contributed by atoms with van der Waals surface area (Å²) >= 11 is 0. The van der Waals surface area contributed by atoms with E-state index in [-0.39, 0.29) is 5.69 Å². The van der Waals surface area contributed by atoms with Crippen molar-refractivity contribution in [2.75, 3.05) is 11.1 Å². The molecule has 2 rings (SSSR count). The fraction of sp³-hybridized carbons (Fsp3) is 0.400. The molecule has 0 radical (unpaired) electrons. The van der Waals surface area contributed by atoms with E-state index in [1.54, 1.807) is 7.05 Å². The molecule has 2 aromatic heterocycles. The van der Waals surface area contributed by atoms with Gasteiger partial charge in [0.05, 0.1) is 11.4 Å². The van der Waals surface area contributed by atoms with Gasteiger partial charge in [-0.3, -0.25) is 15.2 Å². The van der Waals surface area contributed by atoms with Gasteiger partial charge in [0, 0.05) is 7.05 Å². The van der Waals surface area contributed by atoms with E-state index in [1.165, 1.54) is 11.0 Å². The van der Waals surface area contributed by atoms with Gasteiger partial charge < -0.3 is 5.73 Å². The average Bonchev–Trinajstić information content (AvgIpc) is 2.88. The molecule has 4 N–H and O–H groups in total. The van der Waals surface area contributed by atoms with Crippen molar-refractivity contribution in [1.82, 2.24) is 25.0 Å². The van der Waals surface area contributed by atoms with Gasteiger partial charge in [0.15, 0.2) is 5.69 Å². The fourth-order valence-electron chi connectivity index (χ4n) is 1.57. The van der Waals surface area contributed by atoms with Gasteiger partial charge in [0.1, 0.15) is 6.33 Å². The number of aryl methyl sites for hydroxylation is 2. The van der Waals surface area contributed by atoms with Crippen LogP contribution in [0.3, 0.4) is 0 Å². The van der Waals surface area contributed by atoms with Crippen LogP contribution in [0, 0.1) is 0 Å². The third-order valence-electron chi connectivity index (χ3n) is 2.53. The van der Waals surface area contributed by atoms with Gasteiger partial charge in [-0.1, -0.05) is 13.3 Å². The summed E-state index contributed by atoms with van der Waals surface area (Å²) in [4.78, 5) is 15.8. The van der Waals surface area contributed by atoms with Crippen molar-refractivity contribution in [2.24, 2.45) is 7.05 Å². The molecule has 0 atom stereocenters. The monoisotopic (exact) mass is 249 g/mol. The van der Waals surface area contributed by atoms with Crippen molar-refractivity contribution in [1.29, 1.82) is 0 Å². The van der Waals surface area contributed by atoms with Crippen molar-refractivity contribution in [2.45, 2.75) is 19.8 Å². The zero-order chi connectivity index (χ0) is 13.1. The van der Waals surface area contributed by atoms with E-state index in [9.17, 15) is 4.79 Å². The summed E-state index contributed by atoms with van der Waals surface area (Å²) in [6.07, 6.45) is 3.04. The highest BCUT2D eigenvalue weighted by Gasteiger charge is 2.18. The number of nitrogens with two attached hydrogens (primary N) is 1. The number of aromatic amines is 1. The van der Waals surface area contributed by atoms with Crippen LogP contribution in [0.1, 0.15) is 29.5 Å². The molecule has 0 aliphatic rings. The molecule has 0 aliphatic carbocycles. The Morgan fingerprint density at radius 1 is 1.61 bits per heavy atom. The Kier molecular flexibility index (Phi) is 3.26. The number of nitrogen functional groups attached to an aromatic ring is 1. The molecule has 8 heteroatoms. The number of rotatable bonds is 4. The predicted molar refractivity (Wildman–Crippen MR) is 66.0 cm³/mol. The van der Waals surface area contributed by atoms with Crippen LogP contribution in [-0.2, 0) is 13.5 Å². The van der Waals surface area contributed by atoms with E-state index in [4.69, 9.17) is 5.73 Å². The molecule has 0 saturated carbocycles. The van der Waals surface area contributed by atoms with Gasteiger partial charge in [-0.05, 0) is 6.42 Å². The molecule has 0 saturated heterocycles. The second-order valence-electron chi connectivity index (χ2n) is 3.88. The number of amides is 1. The van der Waals surface area contributed by atoms with Crippen LogP contribution in [0.15, 0.2) is 6.33 Å². The molecular formula is C10H15N7O. The number of aromatic nitrogens is 5. The number of hydrogen-bond donors (Lipinski definition) is 3. The fourth-order valence-corrected chi connectivity index (χ4v) is 1.57. The van der Waals surface area contributed by atoms with E-state index >= 15 is 0 Å². The largest absolute Gasteiger partial charge is 0.395 e. The lowest BCUT2D eigenvalue weighted by atomic mass is 10.2. The summed E-state index contributed by atoms with van der Waals surface area (Å²) in [6, 6.07) is 0. The first kappa shape index (κ1) is 12.1. The SMILES string of the molecule is CCCc1[nH]nc(C(=O)Nc2ncnn2C)c1N. The Labute approximate surface area is 104 Å². The molecule has 18 heavy (non-hydrogen) atoms. The molecular weight excluding hydrogens is 234 g/mol. The van der Waals surface area contributed by atoms with E-state index in [0.29, 0.717) is 11.6 Å². The van der Waals surface area contributed by atoms with Crippen LogP contribution in [0.2, 0.25) is 0 Å². The summed E-state index contributed by atoms with van der Waals surface area (Å²) in [5.41, 5.74) is 7.21. The Morgan fingerprint density at radius 2 is 2.39 bits per heavy atom. The van der Waals surface area contributed by atoms with Crippen LogP contribution in [0.4, 0.5) is 11.6 Å². The first-order valence-corrected chi connectivity index (χ1v) is 5.61. The highest BCUT2D eigenvalue weighted by atomic mass is 16.2. The Morgan fingerprint density at radius 3 is 3.00 bits per heavy atom. The lowest BCUT2D eigenvalue weighted by Gasteiger charge is -2.02. The zero-order valence-corrected chi connectivity index (χ0v) is 10.3. The maximum atomic E-state index is 11.9. The van der Waals surface area contributed by atoms with Gasteiger partial charge >= 0.3 is 0 Å². The number of H-pyrrole nitrogens is 1. The molecule has 0 spiro atoms. The second kappa shape index (κ2) is 4.86. The van der Waals surface area contributed by atoms with Gasteiger partial charge in [-0.2, -0.15) is 15.2 Å². The highest BCUT2D eigenvalue weighted by Crippen LogP contribution is 2.16. The minimum atomic E-state index is -0.401. The van der Waals surface area contributed by atoms with Crippen LogP contribution in [0.5, 0.6) is 0 Å². The van der Waals surface area contributed by atoms with E-state index in [2.05, 4.69) is 25.6 Å². The number of carbonyl (C=O) groups is 1. The number of anilines is 2. The van der Waals surface area contributed by atoms with E-state index < -0.39 is 5.91 Å². The molecule has 1 amide bonds. The number of nitrogens with one attached hydrogen (secondary N) is 2. The van der Waals surface area contributed by atoms with Gasteiger partial charge in [0.25, 0.3) is 5.91 Å².